The van der Waals surface area contributed by atoms with E-state index in [1.54, 1.807) is 12.4 Å². The normalized spacial score (nSPS) is 16.1. The molecule has 0 radical (unpaired) electrons. The van der Waals surface area contributed by atoms with E-state index in [0.29, 0.717) is 6.61 Å². The smallest absolute Gasteiger partial charge is 0.176 e. The van der Waals surface area contributed by atoms with E-state index in [1.807, 2.05) is 48.7 Å². The summed E-state index contributed by atoms with van der Waals surface area (Å²) in [7, 11) is 0. The molecule has 0 aliphatic carbocycles. The second kappa shape index (κ2) is 5.59. The van der Waals surface area contributed by atoms with E-state index in [-0.39, 0.29) is 6.10 Å². The molecular weight excluding hydrogens is 316 g/mol. The van der Waals surface area contributed by atoms with Crippen LogP contribution in [0.3, 0.4) is 0 Å². The second-order valence-electron chi connectivity index (χ2n) is 5.85. The van der Waals surface area contributed by atoms with Crippen LogP contribution in [-0.4, -0.2) is 26.8 Å². The largest absolute Gasteiger partial charge is 0.485 e. The Hall–Kier alpha value is -3.41. The summed E-state index contributed by atoms with van der Waals surface area (Å²) in [6.07, 6.45) is 5.13. The molecule has 3 heterocycles. The van der Waals surface area contributed by atoms with Crippen LogP contribution in [0.5, 0.6) is 11.5 Å². The maximum Gasteiger partial charge on any atom is 0.176 e. The molecule has 0 amide bonds. The maximum atomic E-state index is 6.01. The molecule has 2 aromatic carbocycles. The molecule has 1 aliphatic heterocycles. The summed E-state index contributed by atoms with van der Waals surface area (Å²) in [5.74, 6) is 1.49. The third-order valence-electron chi connectivity index (χ3n) is 4.23. The Morgan fingerprint density at radius 2 is 1.88 bits per heavy atom. The summed E-state index contributed by atoms with van der Waals surface area (Å²) >= 11 is 0. The Labute approximate surface area is 143 Å². The van der Waals surface area contributed by atoms with Crippen LogP contribution in [0.15, 0.2) is 61.1 Å². The lowest BCUT2D eigenvalue weighted by molar-refractivity contribution is 0.0883. The first-order valence-corrected chi connectivity index (χ1v) is 8.01. The highest BCUT2D eigenvalue weighted by Gasteiger charge is 2.24. The first kappa shape index (κ1) is 14.0. The molecule has 0 saturated heterocycles. The van der Waals surface area contributed by atoms with Gasteiger partial charge in [0.05, 0.1) is 23.4 Å². The topological polar surface area (TPSA) is 72.9 Å². The SMILES string of the molecule is c1ccc2c(c1)OCC(c1cnc3cc(-c4cn[nH]c4)ccc3n1)O2. The van der Waals surface area contributed by atoms with E-state index in [0.717, 1.165) is 39.4 Å². The molecule has 5 rings (SSSR count). The van der Waals surface area contributed by atoms with Crippen molar-refractivity contribution < 1.29 is 9.47 Å². The van der Waals surface area contributed by atoms with Crippen molar-refractivity contribution >= 4 is 11.0 Å². The van der Waals surface area contributed by atoms with E-state index in [2.05, 4.69) is 15.2 Å². The molecule has 0 bridgehead atoms. The Bertz CT molecular complexity index is 1050. The van der Waals surface area contributed by atoms with Gasteiger partial charge in [-0.25, -0.2) is 4.98 Å². The number of aromatic amines is 1. The lowest BCUT2D eigenvalue weighted by Gasteiger charge is -2.25. The van der Waals surface area contributed by atoms with Crippen molar-refractivity contribution in [1.82, 2.24) is 20.2 Å². The zero-order valence-electron chi connectivity index (χ0n) is 13.2. The number of nitrogens with zero attached hydrogens (tertiary/aromatic N) is 3. The minimum Gasteiger partial charge on any atom is -0.485 e. The van der Waals surface area contributed by atoms with Gasteiger partial charge in [0.2, 0.25) is 0 Å². The van der Waals surface area contributed by atoms with Crippen molar-refractivity contribution in [2.75, 3.05) is 6.61 Å². The molecule has 0 fully saturated rings. The molecule has 0 spiro atoms. The van der Waals surface area contributed by atoms with Crippen LogP contribution >= 0.6 is 0 Å². The van der Waals surface area contributed by atoms with Crippen LogP contribution in [0.4, 0.5) is 0 Å². The number of nitrogens with one attached hydrogen (secondary N) is 1. The first-order chi connectivity index (χ1) is 12.4. The summed E-state index contributed by atoms with van der Waals surface area (Å²) in [5.41, 5.74) is 4.49. The summed E-state index contributed by atoms with van der Waals surface area (Å²) in [5, 5.41) is 6.80. The molecule has 1 aliphatic rings. The van der Waals surface area contributed by atoms with Crippen LogP contribution in [-0.2, 0) is 0 Å². The van der Waals surface area contributed by atoms with E-state index >= 15 is 0 Å². The van der Waals surface area contributed by atoms with Crippen molar-refractivity contribution in [3.05, 3.63) is 66.7 Å². The average molecular weight is 330 g/mol. The zero-order valence-corrected chi connectivity index (χ0v) is 13.2. The number of para-hydroxylation sites is 2. The number of aromatic nitrogens is 4. The van der Waals surface area contributed by atoms with Gasteiger partial charge in [-0.2, -0.15) is 5.10 Å². The van der Waals surface area contributed by atoms with Gasteiger partial charge in [-0.05, 0) is 29.8 Å². The Kier molecular flexibility index (Phi) is 3.13. The van der Waals surface area contributed by atoms with Gasteiger partial charge in [-0.15, -0.1) is 0 Å². The van der Waals surface area contributed by atoms with Crippen molar-refractivity contribution in [2.24, 2.45) is 0 Å². The van der Waals surface area contributed by atoms with Crippen molar-refractivity contribution in [1.29, 1.82) is 0 Å². The molecule has 25 heavy (non-hydrogen) atoms. The maximum absolute atomic E-state index is 6.01. The first-order valence-electron chi connectivity index (χ1n) is 8.01. The highest BCUT2D eigenvalue weighted by molar-refractivity contribution is 5.81. The fourth-order valence-electron chi connectivity index (χ4n) is 2.93. The second-order valence-corrected chi connectivity index (χ2v) is 5.85. The molecule has 0 saturated carbocycles. The van der Waals surface area contributed by atoms with Crippen LogP contribution in [0.1, 0.15) is 11.8 Å². The lowest BCUT2D eigenvalue weighted by Crippen LogP contribution is -2.22. The van der Waals surface area contributed by atoms with Crippen LogP contribution in [0.2, 0.25) is 0 Å². The summed E-state index contributed by atoms with van der Waals surface area (Å²) in [6.45, 7) is 0.421. The van der Waals surface area contributed by atoms with Gasteiger partial charge in [0.25, 0.3) is 0 Å². The van der Waals surface area contributed by atoms with Crippen LogP contribution < -0.4 is 9.47 Å². The van der Waals surface area contributed by atoms with Gasteiger partial charge in [0.1, 0.15) is 12.3 Å². The lowest BCUT2D eigenvalue weighted by atomic mass is 10.1. The van der Waals surface area contributed by atoms with Crippen LogP contribution in [0.25, 0.3) is 22.2 Å². The monoisotopic (exact) mass is 330 g/mol. The number of benzene rings is 2. The summed E-state index contributed by atoms with van der Waals surface area (Å²) in [4.78, 5) is 9.26. The van der Waals surface area contributed by atoms with Gasteiger partial charge >= 0.3 is 0 Å². The number of fused-ring (bicyclic) bond motifs is 2. The number of ether oxygens (including phenoxy) is 2. The highest BCUT2D eigenvalue weighted by atomic mass is 16.6. The third kappa shape index (κ3) is 2.48. The fourth-order valence-corrected chi connectivity index (χ4v) is 2.93. The standard InChI is InChI=1S/C19H14N4O2/c1-2-4-18-17(3-1)24-11-19(25-18)16-10-20-15-7-12(5-6-14(15)23-16)13-8-21-22-9-13/h1-10,19H,11H2,(H,21,22). The predicted octanol–water partition coefficient (Wildman–Crippen LogP) is 3.53. The Balaban J connectivity index is 1.48. The van der Waals surface area contributed by atoms with Gasteiger partial charge in [0, 0.05) is 11.8 Å². The van der Waals surface area contributed by atoms with E-state index in [9.17, 15) is 0 Å². The average Bonchev–Trinajstić information content (AvgIpc) is 3.21. The Morgan fingerprint density at radius 3 is 2.76 bits per heavy atom. The fraction of sp³-hybridized carbons (Fsp3) is 0.105. The third-order valence-corrected chi connectivity index (χ3v) is 4.23. The van der Waals surface area contributed by atoms with Crippen molar-refractivity contribution in [3.63, 3.8) is 0 Å². The minimum atomic E-state index is -0.264. The molecule has 6 heteroatoms. The molecule has 1 N–H and O–H groups in total. The number of H-pyrrole nitrogens is 1. The van der Waals surface area contributed by atoms with E-state index in [1.165, 1.54) is 0 Å². The molecule has 2 aromatic heterocycles. The number of rotatable bonds is 2. The quantitative estimate of drug-likeness (QED) is 0.609. The van der Waals surface area contributed by atoms with Gasteiger partial charge in [0.15, 0.2) is 17.6 Å². The van der Waals surface area contributed by atoms with Crippen LogP contribution in [0, 0.1) is 0 Å². The van der Waals surface area contributed by atoms with E-state index < -0.39 is 0 Å². The molecule has 4 aromatic rings. The number of hydrogen-bond acceptors (Lipinski definition) is 5. The molecule has 1 atom stereocenters. The molecule has 122 valence electrons. The minimum absolute atomic E-state index is 0.264. The highest BCUT2D eigenvalue weighted by Crippen LogP contribution is 2.35. The molecule has 6 nitrogen and oxygen atoms in total. The zero-order chi connectivity index (χ0) is 16.6. The Morgan fingerprint density at radius 1 is 0.960 bits per heavy atom. The summed E-state index contributed by atoms with van der Waals surface area (Å²) < 4.78 is 11.8. The predicted molar refractivity (Wildman–Crippen MR) is 92.4 cm³/mol. The molecule has 1 unspecified atom stereocenters. The van der Waals surface area contributed by atoms with Gasteiger partial charge in [-0.3, -0.25) is 10.1 Å². The summed E-state index contributed by atoms with van der Waals surface area (Å²) in [6, 6.07) is 13.6. The van der Waals surface area contributed by atoms with Crippen molar-refractivity contribution in [3.8, 4) is 22.6 Å². The van der Waals surface area contributed by atoms with E-state index in [4.69, 9.17) is 14.5 Å². The van der Waals surface area contributed by atoms with Gasteiger partial charge in [-0.1, -0.05) is 18.2 Å². The number of hydrogen-bond donors (Lipinski definition) is 1. The van der Waals surface area contributed by atoms with Crippen molar-refractivity contribution in [2.45, 2.75) is 6.10 Å². The van der Waals surface area contributed by atoms with Gasteiger partial charge < -0.3 is 9.47 Å². The molecular formula is C19H14N4O2.